The zero-order valence-electron chi connectivity index (χ0n) is 11.0. The molecule has 5 nitrogen and oxygen atoms in total. The number of hydrogen-bond acceptors (Lipinski definition) is 4. The molecule has 2 unspecified atom stereocenters. The van der Waals surface area contributed by atoms with Crippen LogP contribution in [0.2, 0.25) is 0 Å². The van der Waals surface area contributed by atoms with E-state index in [1.807, 2.05) is 12.1 Å². The van der Waals surface area contributed by atoms with Gasteiger partial charge < -0.3 is 5.32 Å². The number of rotatable bonds is 3. The van der Waals surface area contributed by atoms with E-state index < -0.39 is 0 Å². The van der Waals surface area contributed by atoms with Crippen molar-refractivity contribution in [2.45, 2.75) is 38.4 Å². The highest BCUT2D eigenvalue weighted by molar-refractivity contribution is 5.82. The molecule has 1 aromatic rings. The molecule has 2 heterocycles. The normalized spacial score (nSPS) is 24.3. The van der Waals surface area contributed by atoms with Crippen LogP contribution < -0.4 is 5.32 Å². The summed E-state index contributed by atoms with van der Waals surface area (Å²) in [5.74, 6) is -0.0465. The van der Waals surface area contributed by atoms with E-state index in [-0.39, 0.29) is 24.4 Å². The van der Waals surface area contributed by atoms with Gasteiger partial charge in [-0.3, -0.25) is 14.7 Å². The molecule has 5 heteroatoms. The predicted molar refractivity (Wildman–Crippen MR) is 70.9 cm³/mol. The average molecular weight is 258 g/mol. The maximum absolute atomic E-state index is 12.0. The van der Waals surface area contributed by atoms with Crippen molar-refractivity contribution >= 4 is 5.91 Å². The molecule has 1 fully saturated rings. The molecule has 0 aliphatic carbocycles. The van der Waals surface area contributed by atoms with Crippen molar-refractivity contribution in [3.63, 3.8) is 0 Å². The Bertz CT molecular complexity index is 468. The lowest BCUT2D eigenvalue weighted by molar-refractivity contribution is -0.126. The Morgan fingerprint density at radius 2 is 2.47 bits per heavy atom. The number of amides is 1. The molecule has 1 aliphatic rings. The number of nitriles is 1. The van der Waals surface area contributed by atoms with E-state index in [1.165, 1.54) is 0 Å². The molecular formula is C14H18N4O. The van der Waals surface area contributed by atoms with Gasteiger partial charge in [-0.15, -0.1) is 0 Å². The van der Waals surface area contributed by atoms with Gasteiger partial charge in [0.15, 0.2) is 0 Å². The van der Waals surface area contributed by atoms with Crippen molar-refractivity contribution < 1.29 is 4.79 Å². The fourth-order valence-corrected chi connectivity index (χ4v) is 2.41. The van der Waals surface area contributed by atoms with Crippen LogP contribution in [0.15, 0.2) is 24.5 Å². The van der Waals surface area contributed by atoms with Crippen LogP contribution in [0.1, 0.15) is 25.3 Å². The summed E-state index contributed by atoms with van der Waals surface area (Å²) < 4.78 is 0. The Labute approximate surface area is 113 Å². The van der Waals surface area contributed by atoms with E-state index in [0.717, 1.165) is 12.0 Å². The molecule has 0 radical (unpaired) electrons. The largest absolute Gasteiger partial charge is 0.355 e. The molecule has 0 saturated carbocycles. The third-order valence-corrected chi connectivity index (χ3v) is 3.50. The van der Waals surface area contributed by atoms with Crippen molar-refractivity contribution in [3.8, 4) is 6.07 Å². The van der Waals surface area contributed by atoms with Crippen molar-refractivity contribution in [1.82, 2.24) is 15.2 Å². The van der Waals surface area contributed by atoms with E-state index in [4.69, 9.17) is 5.26 Å². The number of pyridine rings is 1. The first-order valence-corrected chi connectivity index (χ1v) is 6.51. The van der Waals surface area contributed by atoms with Gasteiger partial charge >= 0.3 is 0 Å². The standard InChI is InChI=1S/C14H18N4O/c1-11-5-8-17-14(19)13(4-6-15)18(11)10-12-3-2-7-16-9-12/h2-3,7,9,11,13H,4-5,8,10H2,1H3,(H,17,19). The van der Waals surface area contributed by atoms with E-state index >= 15 is 0 Å². The quantitative estimate of drug-likeness (QED) is 0.880. The molecule has 1 saturated heterocycles. The molecule has 2 rings (SSSR count). The second-order valence-corrected chi connectivity index (χ2v) is 4.84. The minimum Gasteiger partial charge on any atom is -0.355 e. The summed E-state index contributed by atoms with van der Waals surface area (Å²) in [4.78, 5) is 18.2. The summed E-state index contributed by atoms with van der Waals surface area (Å²) in [6, 6.07) is 5.88. The highest BCUT2D eigenvalue weighted by Gasteiger charge is 2.31. The molecule has 0 spiro atoms. The second-order valence-electron chi connectivity index (χ2n) is 4.84. The molecule has 1 amide bonds. The molecule has 100 valence electrons. The molecule has 0 bridgehead atoms. The first-order valence-electron chi connectivity index (χ1n) is 6.51. The number of aromatic nitrogens is 1. The zero-order valence-corrected chi connectivity index (χ0v) is 11.0. The third kappa shape index (κ3) is 3.30. The molecule has 0 aromatic carbocycles. The molecular weight excluding hydrogens is 240 g/mol. The summed E-state index contributed by atoms with van der Waals surface area (Å²) in [7, 11) is 0. The Hall–Kier alpha value is -1.93. The highest BCUT2D eigenvalue weighted by Crippen LogP contribution is 2.18. The Morgan fingerprint density at radius 3 is 3.16 bits per heavy atom. The first kappa shape index (κ1) is 13.5. The molecule has 1 aromatic heterocycles. The fraction of sp³-hybridized carbons (Fsp3) is 0.500. The molecule has 1 N–H and O–H groups in total. The highest BCUT2D eigenvalue weighted by atomic mass is 16.2. The third-order valence-electron chi connectivity index (χ3n) is 3.50. The van der Waals surface area contributed by atoms with Crippen LogP contribution in [0, 0.1) is 11.3 Å². The lowest BCUT2D eigenvalue weighted by atomic mass is 10.1. The number of carbonyl (C=O) groups excluding carboxylic acids is 1. The monoisotopic (exact) mass is 258 g/mol. The fourth-order valence-electron chi connectivity index (χ4n) is 2.41. The maximum atomic E-state index is 12.0. The van der Waals surface area contributed by atoms with Gasteiger partial charge in [-0.2, -0.15) is 5.26 Å². The van der Waals surface area contributed by atoms with Crippen LogP contribution in [0.4, 0.5) is 0 Å². The van der Waals surface area contributed by atoms with E-state index in [1.54, 1.807) is 12.4 Å². The number of hydrogen-bond donors (Lipinski definition) is 1. The first-order chi connectivity index (χ1) is 9.22. The summed E-state index contributed by atoms with van der Waals surface area (Å²) in [5.41, 5.74) is 1.06. The van der Waals surface area contributed by atoms with Crippen molar-refractivity contribution in [2.75, 3.05) is 6.54 Å². The van der Waals surface area contributed by atoms with Gasteiger partial charge in [0.2, 0.25) is 5.91 Å². The Balaban J connectivity index is 2.20. The Morgan fingerprint density at radius 1 is 1.63 bits per heavy atom. The number of nitrogens with zero attached hydrogens (tertiary/aromatic N) is 3. The van der Waals surface area contributed by atoms with Gasteiger partial charge in [-0.05, 0) is 25.0 Å². The van der Waals surface area contributed by atoms with Gasteiger partial charge in [0, 0.05) is 31.5 Å². The SMILES string of the molecule is CC1CCNC(=O)C(CC#N)N1Cc1cccnc1. The lowest BCUT2D eigenvalue weighted by Gasteiger charge is -2.31. The molecule has 1 aliphatic heterocycles. The van der Waals surface area contributed by atoms with Crippen molar-refractivity contribution in [1.29, 1.82) is 5.26 Å². The van der Waals surface area contributed by atoms with E-state index in [9.17, 15) is 4.79 Å². The second kappa shape index (κ2) is 6.30. The van der Waals surface area contributed by atoms with E-state index in [0.29, 0.717) is 13.1 Å². The van der Waals surface area contributed by atoms with Crippen LogP contribution in [-0.2, 0) is 11.3 Å². The summed E-state index contributed by atoms with van der Waals surface area (Å²) in [6.07, 6.45) is 4.65. The zero-order chi connectivity index (χ0) is 13.7. The van der Waals surface area contributed by atoms with Crippen LogP contribution in [0.25, 0.3) is 0 Å². The summed E-state index contributed by atoms with van der Waals surface area (Å²) in [6.45, 7) is 3.42. The van der Waals surface area contributed by atoms with Gasteiger partial charge in [0.05, 0.1) is 12.5 Å². The number of nitrogens with one attached hydrogen (secondary N) is 1. The van der Waals surface area contributed by atoms with Gasteiger partial charge in [0.1, 0.15) is 6.04 Å². The summed E-state index contributed by atoms with van der Waals surface area (Å²) in [5, 5.41) is 11.8. The average Bonchev–Trinajstić information content (AvgIpc) is 2.54. The number of carbonyl (C=O) groups is 1. The van der Waals surface area contributed by atoms with Crippen LogP contribution in [0.5, 0.6) is 0 Å². The Kier molecular flexibility index (Phi) is 4.48. The van der Waals surface area contributed by atoms with Crippen molar-refractivity contribution in [3.05, 3.63) is 30.1 Å². The minimum atomic E-state index is -0.372. The molecule has 19 heavy (non-hydrogen) atoms. The van der Waals surface area contributed by atoms with Gasteiger partial charge in [0.25, 0.3) is 0 Å². The predicted octanol–water partition coefficient (Wildman–Crippen LogP) is 1.07. The topological polar surface area (TPSA) is 69.0 Å². The van der Waals surface area contributed by atoms with Gasteiger partial charge in [-0.1, -0.05) is 6.07 Å². The van der Waals surface area contributed by atoms with Gasteiger partial charge in [-0.25, -0.2) is 0 Å². The van der Waals surface area contributed by atoms with E-state index in [2.05, 4.69) is 28.2 Å². The maximum Gasteiger partial charge on any atom is 0.238 e. The lowest BCUT2D eigenvalue weighted by Crippen LogP contribution is -2.46. The minimum absolute atomic E-state index is 0.0465. The molecule has 2 atom stereocenters. The summed E-state index contributed by atoms with van der Waals surface area (Å²) >= 11 is 0. The van der Waals surface area contributed by atoms with Crippen molar-refractivity contribution in [2.24, 2.45) is 0 Å². The smallest absolute Gasteiger partial charge is 0.238 e. The van der Waals surface area contributed by atoms with Crippen LogP contribution >= 0.6 is 0 Å². The van der Waals surface area contributed by atoms with Crippen LogP contribution in [0.3, 0.4) is 0 Å². The van der Waals surface area contributed by atoms with Crippen LogP contribution in [-0.4, -0.2) is 34.4 Å².